The van der Waals surface area contributed by atoms with Gasteiger partial charge in [-0.2, -0.15) is 0 Å². The van der Waals surface area contributed by atoms with Gasteiger partial charge in [0.1, 0.15) is 0 Å². The van der Waals surface area contributed by atoms with Crippen LogP contribution in [-0.4, -0.2) is 39.1 Å². The van der Waals surface area contributed by atoms with Crippen LogP contribution in [0, 0.1) is 0 Å². The van der Waals surface area contributed by atoms with Gasteiger partial charge in [0.05, 0.1) is 13.2 Å². The molecule has 1 rings (SSSR count). The van der Waals surface area contributed by atoms with Crippen molar-refractivity contribution in [3.8, 4) is 0 Å². The van der Waals surface area contributed by atoms with Crippen molar-refractivity contribution in [1.82, 2.24) is 0 Å². The molecule has 0 fully saturated rings. The van der Waals surface area contributed by atoms with Gasteiger partial charge in [-0.05, 0) is 19.1 Å². The molecule has 0 atom stereocenters. The third-order valence-corrected chi connectivity index (χ3v) is 2.26. The maximum absolute atomic E-state index is 11.7. The van der Waals surface area contributed by atoms with Crippen LogP contribution in [0.2, 0.25) is 0 Å². The van der Waals surface area contributed by atoms with E-state index in [2.05, 4.69) is 5.32 Å². The van der Waals surface area contributed by atoms with E-state index < -0.39 is 11.7 Å². The predicted molar refractivity (Wildman–Crippen MR) is 68.7 cm³/mol. The van der Waals surface area contributed by atoms with E-state index in [9.17, 15) is 4.79 Å². The molecule has 0 aliphatic carbocycles. The zero-order valence-electron chi connectivity index (χ0n) is 10.9. The smallest absolute Gasteiger partial charge is 0.412 e. The van der Waals surface area contributed by atoms with Crippen LogP contribution < -0.4 is 5.32 Å². The summed E-state index contributed by atoms with van der Waals surface area (Å²) < 4.78 is 15.4. The summed E-state index contributed by atoms with van der Waals surface area (Å²) in [4.78, 5) is 11.7. The zero-order valence-corrected chi connectivity index (χ0v) is 10.9. The van der Waals surface area contributed by atoms with Gasteiger partial charge >= 0.3 is 6.09 Å². The van der Waals surface area contributed by atoms with Crippen molar-refractivity contribution in [1.29, 1.82) is 0 Å². The Balaban J connectivity index is 2.56. The Morgan fingerprint density at radius 3 is 2.22 bits per heavy atom. The average Bonchev–Trinajstić information content (AvgIpc) is 2.30. The topological polar surface area (TPSA) is 56.8 Å². The van der Waals surface area contributed by atoms with Gasteiger partial charge in [0.15, 0.2) is 5.60 Å². The molecule has 1 N–H and O–H groups in total. The van der Waals surface area contributed by atoms with E-state index in [0.29, 0.717) is 5.69 Å². The molecule has 0 unspecified atom stereocenters. The average molecular weight is 253 g/mol. The number of hydrogen-bond donors (Lipinski definition) is 1. The maximum Gasteiger partial charge on any atom is 0.412 e. The standard InChI is InChI=1S/C13H19NO4/c1-13(9-16-2,10-17-3)18-12(15)14-11-7-5-4-6-8-11/h4-8H,9-10H2,1-3H3,(H,14,15). The maximum atomic E-state index is 11.7. The quantitative estimate of drug-likeness (QED) is 0.845. The van der Waals surface area contributed by atoms with E-state index in [1.54, 1.807) is 33.3 Å². The summed E-state index contributed by atoms with van der Waals surface area (Å²) in [5.74, 6) is 0. The van der Waals surface area contributed by atoms with Crippen LogP contribution in [0.5, 0.6) is 0 Å². The van der Waals surface area contributed by atoms with E-state index >= 15 is 0 Å². The van der Waals surface area contributed by atoms with Gasteiger partial charge in [-0.25, -0.2) is 4.79 Å². The third-order valence-electron chi connectivity index (χ3n) is 2.26. The number of ether oxygens (including phenoxy) is 3. The molecule has 0 heterocycles. The lowest BCUT2D eigenvalue weighted by atomic mass is 10.1. The van der Waals surface area contributed by atoms with E-state index in [-0.39, 0.29) is 13.2 Å². The highest BCUT2D eigenvalue weighted by Gasteiger charge is 2.29. The van der Waals surface area contributed by atoms with Gasteiger partial charge in [-0.1, -0.05) is 18.2 Å². The summed E-state index contributed by atoms with van der Waals surface area (Å²) in [6.07, 6.45) is -0.530. The van der Waals surface area contributed by atoms with Crippen LogP contribution in [0.15, 0.2) is 30.3 Å². The zero-order chi connectivity index (χ0) is 13.4. The Hall–Kier alpha value is -1.59. The van der Waals surface area contributed by atoms with Crippen LogP contribution in [0.4, 0.5) is 10.5 Å². The molecular weight excluding hydrogens is 234 g/mol. The van der Waals surface area contributed by atoms with Crippen LogP contribution in [0.1, 0.15) is 6.92 Å². The van der Waals surface area contributed by atoms with Gasteiger partial charge in [0, 0.05) is 19.9 Å². The predicted octanol–water partition coefficient (Wildman–Crippen LogP) is 2.29. The SMILES string of the molecule is COCC(C)(COC)OC(=O)Nc1ccccc1. The fourth-order valence-corrected chi connectivity index (χ4v) is 1.60. The van der Waals surface area contributed by atoms with Crippen molar-refractivity contribution in [3.63, 3.8) is 0 Å². The fraction of sp³-hybridized carbons (Fsp3) is 0.462. The highest BCUT2D eigenvalue weighted by Crippen LogP contribution is 2.14. The van der Waals surface area contributed by atoms with Gasteiger partial charge in [0.25, 0.3) is 0 Å². The summed E-state index contributed by atoms with van der Waals surface area (Å²) in [7, 11) is 3.10. The van der Waals surface area contributed by atoms with Crippen molar-refractivity contribution >= 4 is 11.8 Å². The fourth-order valence-electron chi connectivity index (χ4n) is 1.60. The van der Waals surface area contributed by atoms with Crippen LogP contribution in [0.25, 0.3) is 0 Å². The van der Waals surface area contributed by atoms with E-state index in [4.69, 9.17) is 14.2 Å². The molecule has 0 aliphatic heterocycles. The van der Waals surface area contributed by atoms with Crippen LogP contribution in [-0.2, 0) is 14.2 Å². The monoisotopic (exact) mass is 253 g/mol. The number of anilines is 1. The first-order valence-electron chi connectivity index (χ1n) is 5.62. The van der Waals surface area contributed by atoms with Crippen molar-refractivity contribution in [2.24, 2.45) is 0 Å². The molecule has 1 amide bonds. The van der Waals surface area contributed by atoms with Crippen molar-refractivity contribution < 1.29 is 19.0 Å². The van der Waals surface area contributed by atoms with Crippen molar-refractivity contribution in [2.45, 2.75) is 12.5 Å². The molecule has 5 heteroatoms. The number of carbonyl (C=O) groups is 1. The Morgan fingerprint density at radius 1 is 1.17 bits per heavy atom. The largest absolute Gasteiger partial charge is 0.438 e. The molecule has 0 aliphatic rings. The molecule has 0 bridgehead atoms. The van der Waals surface area contributed by atoms with E-state index in [0.717, 1.165) is 0 Å². The number of hydrogen-bond acceptors (Lipinski definition) is 4. The molecule has 1 aromatic rings. The highest BCUT2D eigenvalue weighted by molar-refractivity contribution is 5.84. The molecule has 0 spiro atoms. The lowest BCUT2D eigenvalue weighted by Gasteiger charge is -2.27. The first-order chi connectivity index (χ1) is 8.59. The number of nitrogens with one attached hydrogen (secondary N) is 1. The van der Waals surface area contributed by atoms with Crippen LogP contribution in [0.3, 0.4) is 0 Å². The molecule has 18 heavy (non-hydrogen) atoms. The van der Waals surface area contributed by atoms with Gasteiger partial charge in [-0.15, -0.1) is 0 Å². The number of benzene rings is 1. The molecule has 0 aromatic heterocycles. The summed E-state index contributed by atoms with van der Waals surface area (Å²) in [5, 5.41) is 2.64. The van der Waals surface area contributed by atoms with Gasteiger partial charge < -0.3 is 14.2 Å². The Bertz CT molecular complexity index is 361. The first kappa shape index (κ1) is 14.5. The minimum Gasteiger partial charge on any atom is -0.438 e. The summed E-state index contributed by atoms with van der Waals surface area (Å²) in [6.45, 7) is 2.29. The Morgan fingerprint density at radius 2 is 1.72 bits per heavy atom. The Kier molecular flexibility index (Phi) is 5.61. The lowest BCUT2D eigenvalue weighted by Crippen LogP contribution is -2.42. The van der Waals surface area contributed by atoms with E-state index in [1.807, 2.05) is 18.2 Å². The second kappa shape index (κ2) is 6.98. The summed E-state index contributed by atoms with van der Waals surface area (Å²) >= 11 is 0. The highest BCUT2D eigenvalue weighted by atomic mass is 16.6. The lowest BCUT2D eigenvalue weighted by molar-refractivity contribution is -0.0679. The first-order valence-corrected chi connectivity index (χ1v) is 5.62. The molecule has 100 valence electrons. The molecule has 5 nitrogen and oxygen atoms in total. The van der Waals surface area contributed by atoms with Gasteiger partial charge in [-0.3, -0.25) is 5.32 Å². The van der Waals surface area contributed by atoms with Crippen molar-refractivity contribution in [3.05, 3.63) is 30.3 Å². The number of para-hydroxylation sites is 1. The summed E-state index contributed by atoms with van der Waals surface area (Å²) in [5.41, 5.74) is -0.123. The van der Waals surface area contributed by atoms with E-state index in [1.165, 1.54) is 0 Å². The molecule has 1 aromatic carbocycles. The second-order valence-electron chi connectivity index (χ2n) is 4.20. The number of amides is 1. The Labute approximate surface area is 107 Å². The van der Waals surface area contributed by atoms with Crippen molar-refractivity contribution in [2.75, 3.05) is 32.8 Å². The minimum atomic E-state index is -0.803. The number of methoxy groups -OCH3 is 2. The minimum absolute atomic E-state index is 0.267. The molecular formula is C13H19NO4. The number of rotatable bonds is 6. The second-order valence-corrected chi connectivity index (χ2v) is 4.20. The normalized spacial score (nSPS) is 11.1. The third kappa shape index (κ3) is 4.73. The van der Waals surface area contributed by atoms with Crippen LogP contribution >= 0.6 is 0 Å². The van der Waals surface area contributed by atoms with Gasteiger partial charge in [0.2, 0.25) is 0 Å². The number of carbonyl (C=O) groups excluding carboxylic acids is 1. The molecule has 0 saturated heterocycles. The molecule has 0 saturated carbocycles. The summed E-state index contributed by atoms with van der Waals surface area (Å²) in [6, 6.07) is 9.10. The molecule has 0 radical (unpaired) electrons.